The minimum atomic E-state index is 0.522. The van der Waals surface area contributed by atoms with Crippen LogP contribution in [0.1, 0.15) is 0 Å². The van der Waals surface area contributed by atoms with E-state index < -0.39 is 0 Å². The first-order valence-electron chi connectivity index (χ1n) is 9.07. The predicted molar refractivity (Wildman–Crippen MR) is 109 cm³/mol. The van der Waals surface area contributed by atoms with E-state index in [1.54, 1.807) is 6.33 Å². The van der Waals surface area contributed by atoms with Crippen molar-refractivity contribution in [2.75, 3.05) is 18.5 Å². The molecule has 0 aliphatic carbocycles. The first-order chi connectivity index (χ1) is 13.9. The van der Waals surface area contributed by atoms with Crippen molar-refractivity contribution in [1.82, 2.24) is 24.9 Å². The molecule has 0 aliphatic heterocycles. The molecule has 0 spiro atoms. The second-order valence-electron chi connectivity index (χ2n) is 6.36. The second-order valence-corrected chi connectivity index (χ2v) is 6.36. The lowest BCUT2D eigenvalue weighted by Gasteiger charge is -2.10. The summed E-state index contributed by atoms with van der Waals surface area (Å²) in [4.78, 5) is 19.9. The van der Waals surface area contributed by atoms with Crippen molar-refractivity contribution in [2.24, 2.45) is 0 Å². The van der Waals surface area contributed by atoms with Gasteiger partial charge in [0.2, 0.25) is 0 Å². The third-order valence-corrected chi connectivity index (χ3v) is 4.50. The van der Waals surface area contributed by atoms with Gasteiger partial charge in [-0.25, -0.2) is 15.0 Å². The second kappa shape index (κ2) is 7.03. The van der Waals surface area contributed by atoms with Crippen molar-refractivity contribution < 1.29 is 4.74 Å². The minimum absolute atomic E-state index is 0.522. The third kappa shape index (κ3) is 3.14. The van der Waals surface area contributed by atoms with E-state index >= 15 is 0 Å². The molecule has 3 N–H and O–H groups in total. The van der Waals surface area contributed by atoms with Gasteiger partial charge in [-0.1, -0.05) is 18.2 Å². The van der Waals surface area contributed by atoms with Gasteiger partial charge in [0, 0.05) is 22.7 Å². The molecule has 0 radical (unpaired) electrons. The zero-order chi connectivity index (χ0) is 18.8. The molecule has 3 aromatic heterocycles. The lowest BCUT2D eigenvalue weighted by molar-refractivity contribution is 0.333. The highest BCUT2D eigenvalue weighted by atomic mass is 16.5. The number of nitrogens with one attached hydrogen (secondary N) is 3. The Morgan fingerprint density at radius 2 is 1.89 bits per heavy atom. The normalized spacial score (nSPS) is 11.1. The van der Waals surface area contributed by atoms with Crippen LogP contribution in [0.5, 0.6) is 5.75 Å². The van der Waals surface area contributed by atoms with E-state index in [1.807, 2.05) is 54.7 Å². The smallest absolute Gasteiger partial charge is 0.183 e. The van der Waals surface area contributed by atoms with Gasteiger partial charge in [-0.05, 0) is 36.4 Å². The molecule has 0 unspecified atom stereocenters. The van der Waals surface area contributed by atoms with Gasteiger partial charge in [-0.15, -0.1) is 0 Å². The quantitative estimate of drug-likeness (QED) is 0.393. The number of aromatic nitrogens is 5. The van der Waals surface area contributed by atoms with Crippen LogP contribution in [0.2, 0.25) is 0 Å². The van der Waals surface area contributed by atoms with Gasteiger partial charge in [0.25, 0.3) is 0 Å². The van der Waals surface area contributed by atoms with Crippen LogP contribution >= 0.6 is 0 Å². The number of hydrogen-bond donors (Lipinski definition) is 3. The molecule has 0 bridgehead atoms. The number of ether oxygens (including phenoxy) is 1. The van der Waals surface area contributed by atoms with Crippen LogP contribution in [-0.2, 0) is 0 Å². The number of aromatic amines is 2. The van der Waals surface area contributed by atoms with E-state index in [0.717, 1.165) is 27.7 Å². The first-order valence-corrected chi connectivity index (χ1v) is 9.07. The maximum atomic E-state index is 5.74. The van der Waals surface area contributed by atoms with E-state index in [2.05, 4.69) is 31.3 Å². The number of H-pyrrole nitrogens is 2. The van der Waals surface area contributed by atoms with Crippen LogP contribution in [0.25, 0.3) is 33.5 Å². The summed E-state index contributed by atoms with van der Waals surface area (Å²) in [5, 5.41) is 4.45. The van der Waals surface area contributed by atoms with Crippen LogP contribution in [0, 0.1) is 0 Å². The molecule has 2 aromatic carbocycles. The van der Waals surface area contributed by atoms with E-state index in [0.29, 0.717) is 30.4 Å². The van der Waals surface area contributed by atoms with Crippen molar-refractivity contribution in [1.29, 1.82) is 0 Å². The van der Waals surface area contributed by atoms with Gasteiger partial charge in [0.05, 0.1) is 12.9 Å². The summed E-state index contributed by atoms with van der Waals surface area (Å²) in [7, 11) is 0. The van der Waals surface area contributed by atoms with Crippen LogP contribution in [-0.4, -0.2) is 38.1 Å². The summed E-state index contributed by atoms with van der Waals surface area (Å²) >= 11 is 0. The summed E-state index contributed by atoms with van der Waals surface area (Å²) < 4.78 is 5.74. The van der Waals surface area contributed by atoms with Gasteiger partial charge in [-0.3, -0.25) is 0 Å². The summed E-state index contributed by atoms with van der Waals surface area (Å²) in [6.45, 7) is 1.13. The van der Waals surface area contributed by atoms with E-state index in [1.165, 1.54) is 0 Å². The molecule has 0 saturated carbocycles. The lowest BCUT2D eigenvalue weighted by atomic mass is 10.1. The average Bonchev–Trinajstić information content (AvgIpc) is 3.40. The molecule has 3 heterocycles. The Balaban J connectivity index is 1.39. The van der Waals surface area contributed by atoms with Gasteiger partial charge in [-0.2, -0.15) is 0 Å². The number of nitrogens with zero attached hydrogens (tertiary/aromatic N) is 3. The molecule has 0 saturated heterocycles. The summed E-state index contributed by atoms with van der Waals surface area (Å²) in [6, 6.07) is 17.9. The maximum absolute atomic E-state index is 5.74. The molecule has 7 nitrogen and oxygen atoms in total. The molecule has 0 aliphatic rings. The Hall–Kier alpha value is -3.87. The van der Waals surface area contributed by atoms with Gasteiger partial charge in [0.1, 0.15) is 17.9 Å². The molecule has 28 heavy (non-hydrogen) atoms. The molecular formula is C21H18N6O. The first kappa shape index (κ1) is 16.3. The number of benzene rings is 2. The largest absolute Gasteiger partial charge is 0.492 e. The molecule has 7 heteroatoms. The fourth-order valence-corrected chi connectivity index (χ4v) is 3.14. The van der Waals surface area contributed by atoms with Gasteiger partial charge >= 0.3 is 0 Å². The van der Waals surface area contributed by atoms with Crippen LogP contribution in [0.3, 0.4) is 0 Å². The molecule has 0 atom stereocenters. The summed E-state index contributed by atoms with van der Waals surface area (Å²) in [6.07, 6.45) is 3.55. The van der Waals surface area contributed by atoms with Gasteiger partial charge < -0.3 is 20.0 Å². The standard InChI is InChI=1S/C21H18N6O/c1-2-4-16(5-3-1)28-11-10-23-20-18-21(25-13-24-18)27-19(26-20)15-6-7-17-14(12-15)8-9-22-17/h1-9,12-13,22H,10-11H2,(H2,23,24,25,26,27). The number of para-hydroxylation sites is 1. The Morgan fingerprint density at radius 3 is 2.82 bits per heavy atom. The van der Waals surface area contributed by atoms with Crippen LogP contribution in [0.4, 0.5) is 5.82 Å². The highest BCUT2D eigenvalue weighted by molar-refractivity contribution is 5.87. The predicted octanol–water partition coefficient (Wildman–Crippen LogP) is 3.99. The monoisotopic (exact) mass is 370 g/mol. The zero-order valence-corrected chi connectivity index (χ0v) is 15.0. The summed E-state index contributed by atoms with van der Waals surface area (Å²) in [5.41, 5.74) is 3.44. The molecular weight excluding hydrogens is 352 g/mol. The Kier molecular flexibility index (Phi) is 4.10. The van der Waals surface area contributed by atoms with E-state index in [9.17, 15) is 0 Å². The van der Waals surface area contributed by atoms with Crippen molar-refractivity contribution in [3.63, 3.8) is 0 Å². The Labute approximate surface area is 160 Å². The fraction of sp³-hybridized carbons (Fsp3) is 0.0952. The Bertz CT molecular complexity index is 1230. The van der Waals surface area contributed by atoms with Crippen molar-refractivity contribution in [3.8, 4) is 17.1 Å². The van der Waals surface area contributed by atoms with E-state index in [4.69, 9.17) is 9.72 Å². The fourth-order valence-electron chi connectivity index (χ4n) is 3.14. The van der Waals surface area contributed by atoms with Crippen molar-refractivity contribution in [2.45, 2.75) is 0 Å². The molecule has 0 amide bonds. The number of hydrogen-bond acceptors (Lipinski definition) is 5. The highest BCUT2D eigenvalue weighted by Gasteiger charge is 2.12. The van der Waals surface area contributed by atoms with Crippen molar-refractivity contribution in [3.05, 3.63) is 67.1 Å². The maximum Gasteiger partial charge on any atom is 0.183 e. The zero-order valence-electron chi connectivity index (χ0n) is 15.0. The van der Waals surface area contributed by atoms with Crippen LogP contribution in [0.15, 0.2) is 67.1 Å². The number of anilines is 1. The minimum Gasteiger partial charge on any atom is -0.492 e. The Morgan fingerprint density at radius 1 is 0.964 bits per heavy atom. The third-order valence-electron chi connectivity index (χ3n) is 4.50. The average molecular weight is 370 g/mol. The summed E-state index contributed by atoms with van der Waals surface area (Å²) in [5.74, 6) is 2.19. The number of imidazole rings is 1. The van der Waals surface area contributed by atoms with Gasteiger partial charge in [0.15, 0.2) is 17.3 Å². The lowest BCUT2D eigenvalue weighted by Crippen LogP contribution is -2.13. The topological polar surface area (TPSA) is 91.5 Å². The van der Waals surface area contributed by atoms with Crippen LogP contribution < -0.4 is 10.1 Å². The molecule has 0 fully saturated rings. The molecule has 138 valence electrons. The number of rotatable bonds is 6. The molecule has 5 aromatic rings. The molecule has 5 rings (SSSR count). The SMILES string of the molecule is c1ccc(OCCNc2nc(-c3ccc4[nH]ccc4c3)nc3nc[nH]c23)cc1. The number of fused-ring (bicyclic) bond motifs is 2. The van der Waals surface area contributed by atoms with Crippen molar-refractivity contribution >= 4 is 27.9 Å². The highest BCUT2D eigenvalue weighted by Crippen LogP contribution is 2.25. The van der Waals surface area contributed by atoms with E-state index in [-0.39, 0.29) is 0 Å².